The third-order valence-electron chi connectivity index (χ3n) is 2.61. The first-order valence-electron chi connectivity index (χ1n) is 6.86. The summed E-state index contributed by atoms with van der Waals surface area (Å²) in [6.45, 7) is 7.24. The van der Waals surface area contributed by atoms with Crippen LogP contribution in [0.5, 0.6) is 0 Å². The molecule has 0 aliphatic rings. The average Bonchev–Trinajstić information content (AvgIpc) is 2.73. The smallest absolute Gasteiger partial charge is 0.265 e. The molecule has 0 radical (unpaired) electrons. The largest absolute Gasteiger partial charge is 0.393 e. The number of nitrogens with zero attached hydrogens (tertiary/aromatic N) is 1. The van der Waals surface area contributed by atoms with Crippen LogP contribution in [0.25, 0.3) is 0 Å². The number of carbonyl (C=O) groups excluding carboxylic acids is 1. The number of carbonyl (C=O) groups is 1. The Balaban J connectivity index is 2.47. The standard InChI is InChI=1S/C13H24N4O2S/c1-8(2)7-16-13-17-11(14)10(20-13)12(19)15-6-4-5-9(3)18/h8-9,18H,4-7,14H2,1-3H3,(H,15,19)(H,16,17). The number of aliphatic hydroxyl groups excluding tert-OH is 1. The molecule has 1 rings (SSSR count). The number of rotatable bonds is 8. The summed E-state index contributed by atoms with van der Waals surface area (Å²) in [6, 6.07) is 0. The number of amides is 1. The van der Waals surface area contributed by atoms with E-state index in [4.69, 9.17) is 10.8 Å². The van der Waals surface area contributed by atoms with Gasteiger partial charge in [-0.05, 0) is 25.7 Å². The van der Waals surface area contributed by atoms with Gasteiger partial charge in [-0.1, -0.05) is 25.2 Å². The number of aromatic nitrogens is 1. The van der Waals surface area contributed by atoms with Gasteiger partial charge in [0.2, 0.25) is 0 Å². The monoisotopic (exact) mass is 300 g/mol. The third kappa shape index (κ3) is 5.75. The van der Waals surface area contributed by atoms with Crippen LogP contribution in [0.1, 0.15) is 43.3 Å². The van der Waals surface area contributed by atoms with Crippen LogP contribution >= 0.6 is 11.3 Å². The maximum absolute atomic E-state index is 12.0. The van der Waals surface area contributed by atoms with Crippen molar-refractivity contribution in [2.45, 2.75) is 39.7 Å². The Morgan fingerprint density at radius 2 is 2.15 bits per heavy atom. The molecule has 0 aliphatic heterocycles. The van der Waals surface area contributed by atoms with Gasteiger partial charge in [0, 0.05) is 13.1 Å². The molecule has 0 fully saturated rings. The van der Waals surface area contributed by atoms with E-state index in [-0.39, 0.29) is 17.8 Å². The number of nitrogens with one attached hydrogen (secondary N) is 2. The molecule has 20 heavy (non-hydrogen) atoms. The van der Waals surface area contributed by atoms with Crippen LogP contribution in [0.3, 0.4) is 0 Å². The van der Waals surface area contributed by atoms with Crippen molar-refractivity contribution in [3.63, 3.8) is 0 Å². The fourth-order valence-corrected chi connectivity index (χ4v) is 2.35. The predicted octanol–water partition coefficient (Wildman–Crippen LogP) is 1.68. The molecule has 1 heterocycles. The van der Waals surface area contributed by atoms with E-state index in [1.54, 1.807) is 6.92 Å². The lowest BCUT2D eigenvalue weighted by Crippen LogP contribution is -2.25. The summed E-state index contributed by atoms with van der Waals surface area (Å²) in [7, 11) is 0. The molecule has 0 bridgehead atoms. The molecule has 0 aromatic carbocycles. The van der Waals surface area contributed by atoms with Gasteiger partial charge in [-0.15, -0.1) is 0 Å². The normalized spacial score (nSPS) is 12.4. The van der Waals surface area contributed by atoms with Gasteiger partial charge >= 0.3 is 0 Å². The van der Waals surface area contributed by atoms with Crippen molar-refractivity contribution < 1.29 is 9.90 Å². The lowest BCUT2D eigenvalue weighted by atomic mass is 10.2. The van der Waals surface area contributed by atoms with Gasteiger partial charge in [0.25, 0.3) is 5.91 Å². The fraction of sp³-hybridized carbons (Fsp3) is 0.692. The van der Waals surface area contributed by atoms with Crippen molar-refractivity contribution in [1.82, 2.24) is 10.3 Å². The maximum Gasteiger partial charge on any atom is 0.265 e. The molecular weight excluding hydrogens is 276 g/mol. The van der Waals surface area contributed by atoms with Crippen LogP contribution < -0.4 is 16.4 Å². The molecule has 1 aromatic rings. The number of anilines is 2. The van der Waals surface area contributed by atoms with Gasteiger partial charge in [-0.3, -0.25) is 4.79 Å². The van der Waals surface area contributed by atoms with Gasteiger partial charge in [0.1, 0.15) is 10.7 Å². The van der Waals surface area contributed by atoms with Crippen LogP contribution in [0, 0.1) is 5.92 Å². The minimum atomic E-state index is -0.341. The summed E-state index contributed by atoms with van der Waals surface area (Å²) in [6.07, 6.45) is 1.06. The zero-order valence-corrected chi connectivity index (χ0v) is 13.1. The molecule has 7 heteroatoms. The molecule has 1 aromatic heterocycles. The minimum absolute atomic E-state index is 0.205. The predicted molar refractivity (Wildman–Crippen MR) is 83.1 cm³/mol. The van der Waals surface area contributed by atoms with Gasteiger partial charge in [-0.2, -0.15) is 0 Å². The first kappa shape index (κ1) is 16.7. The third-order valence-corrected chi connectivity index (χ3v) is 3.63. The number of hydrogen-bond donors (Lipinski definition) is 4. The Labute approximate surface area is 123 Å². The topological polar surface area (TPSA) is 100 Å². The molecule has 0 spiro atoms. The van der Waals surface area contributed by atoms with Crippen molar-refractivity contribution in [3.8, 4) is 0 Å². The summed E-state index contributed by atoms with van der Waals surface area (Å²) in [5.74, 6) is 0.551. The van der Waals surface area contributed by atoms with Crippen molar-refractivity contribution in [2.75, 3.05) is 24.1 Å². The number of nitrogens with two attached hydrogens (primary N) is 1. The van der Waals surface area contributed by atoms with Crippen LogP contribution in [0.2, 0.25) is 0 Å². The highest BCUT2D eigenvalue weighted by atomic mass is 32.1. The Morgan fingerprint density at radius 1 is 1.45 bits per heavy atom. The second kappa shape index (κ2) is 8.06. The number of thiazole rings is 1. The number of aliphatic hydroxyl groups is 1. The second-order valence-electron chi connectivity index (χ2n) is 5.26. The van der Waals surface area contributed by atoms with Crippen molar-refractivity contribution >= 4 is 28.2 Å². The van der Waals surface area contributed by atoms with E-state index in [1.807, 2.05) is 0 Å². The first-order chi connectivity index (χ1) is 9.40. The van der Waals surface area contributed by atoms with E-state index < -0.39 is 0 Å². The quantitative estimate of drug-likeness (QED) is 0.547. The molecule has 0 aliphatic carbocycles. The number of nitrogen functional groups attached to an aromatic ring is 1. The van der Waals surface area contributed by atoms with Crippen LogP contribution in [0.4, 0.5) is 10.9 Å². The highest BCUT2D eigenvalue weighted by Gasteiger charge is 2.15. The van der Waals surface area contributed by atoms with Crippen molar-refractivity contribution in [1.29, 1.82) is 0 Å². The maximum atomic E-state index is 12.0. The Morgan fingerprint density at radius 3 is 2.75 bits per heavy atom. The Hall–Kier alpha value is -1.34. The minimum Gasteiger partial charge on any atom is -0.393 e. The molecule has 0 saturated heterocycles. The molecule has 0 saturated carbocycles. The fourth-order valence-electron chi connectivity index (χ4n) is 1.54. The Bertz CT molecular complexity index is 432. The van der Waals surface area contributed by atoms with E-state index in [9.17, 15) is 4.79 Å². The molecule has 1 atom stereocenters. The van der Waals surface area contributed by atoms with Crippen molar-refractivity contribution in [2.24, 2.45) is 5.92 Å². The number of hydrogen-bond acceptors (Lipinski definition) is 6. The van der Waals surface area contributed by atoms with E-state index in [0.29, 0.717) is 28.9 Å². The summed E-state index contributed by atoms with van der Waals surface area (Å²) >= 11 is 1.27. The van der Waals surface area contributed by atoms with Gasteiger partial charge in [0.05, 0.1) is 6.10 Å². The zero-order chi connectivity index (χ0) is 15.1. The molecule has 5 N–H and O–H groups in total. The zero-order valence-electron chi connectivity index (χ0n) is 12.3. The average molecular weight is 300 g/mol. The van der Waals surface area contributed by atoms with Crippen LogP contribution in [-0.4, -0.2) is 35.2 Å². The lowest BCUT2D eigenvalue weighted by molar-refractivity contribution is 0.0954. The van der Waals surface area contributed by atoms with Crippen LogP contribution in [0.15, 0.2) is 0 Å². The summed E-state index contributed by atoms with van der Waals surface area (Å²) < 4.78 is 0. The second-order valence-corrected chi connectivity index (χ2v) is 6.25. The van der Waals surface area contributed by atoms with Crippen molar-refractivity contribution in [3.05, 3.63) is 4.88 Å². The molecule has 1 amide bonds. The highest BCUT2D eigenvalue weighted by molar-refractivity contribution is 7.18. The highest BCUT2D eigenvalue weighted by Crippen LogP contribution is 2.24. The van der Waals surface area contributed by atoms with E-state index in [2.05, 4.69) is 29.5 Å². The Kier molecular flexibility index (Phi) is 6.74. The SMILES string of the molecule is CC(C)CNc1nc(N)c(C(=O)NCCCC(C)O)s1. The van der Waals surface area contributed by atoms with Gasteiger partial charge in [0.15, 0.2) is 5.13 Å². The summed E-state index contributed by atoms with van der Waals surface area (Å²) in [4.78, 5) is 16.5. The van der Waals surface area contributed by atoms with E-state index in [1.165, 1.54) is 11.3 Å². The summed E-state index contributed by atoms with van der Waals surface area (Å²) in [5, 5.41) is 15.8. The summed E-state index contributed by atoms with van der Waals surface area (Å²) in [5.41, 5.74) is 5.76. The van der Waals surface area contributed by atoms with Gasteiger partial charge in [-0.25, -0.2) is 4.98 Å². The molecule has 114 valence electrons. The molecule has 1 unspecified atom stereocenters. The van der Waals surface area contributed by atoms with E-state index in [0.717, 1.165) is 13.0 Å². The first-order valence-corrected chi connectivity index (χ1v) is 7.68. The lowest BCUT2D eigenvalue weighted by Gasteiger charge is -2.05. The van der Waals surface area contributed by atoms with E-state index >= 15 is 0 Å². The van der Waals surface area contributed by atoms with Crippen LogP contribution in [-0.2, 0) is 0 Å². The van der Waals surface area contributed by atoms with Gasteiger partial charge < -0.3 is 21.5 Å². The molecule has 6 nitrogen and oxygen atoms in total. The molecular formula is C13H24N4O2S.